The van der Waals surface area contributed by atoms with Crippen LogP contribution in [0.1, 0.15) is 66.2 Å². The molecule has 0 N–H and O–H groups in total. The summed E-state index contributed by atoms with van der Waals surface area (Å²) >= 11 is 0. The fraction of sp³-hybridized carbons (Fsp3) is 0.846. The van der Waals surface area contributed by atoms with Crippen molar-refractivity contribution in [2.24, 2.45) is 5.92 Å². The van der Waals surface area contributed by atoms with Gasteiger partial charge in [-0.2, -0.15) is 0 Å². The number of rotatable bonds is 3. The van der Waals surface area contributed by atoms with Gasteiger partial charge in [0.1, 0.15) is 0 Å². The van der Waals surface area contributed by atoms with E-state index in [0.717, 1.165) is 12.3 Å². The van der Waals surface area contributed by atoms with Crippen LogP contribution in [-0.4, -0.2) is 0 Å². The second kappa shape index (κ2) is 14.3. The van der Waals surface area contributed by atoms with Gasteiger partial charge in [0.15, 0.2) is 0 Å². The third-order valence-electron chi connectivity index (χ3n) is 1.86. The molecule has 0 aromatic carbocycles. The maximum atomic E-state index is 3.48. The Balaban J connectivity index is 0. The van der Waals surface area contributed by atoms with Gasteiger partial charge in [-0.3, -0.25) is 0 Å². The van der Waals surface area contributed by atoms with Gasteiger partial charge in [0.05, 0.1) is 0 Å². The van der Waals surface area contributed by atoms with Gasteiger partial charge in [0.2, 0.25) is 0 Å². The molecule has 1 aliphatic rings. The molecule has 1 saturated carbocycles. The molecule has 1 fully saturated rings. The van der Waals surface area contributed by atoms with Crippen LogP contribution in [0, 0.1) is 5.92 Å². The maximum absolute atomic E-state index is 3.48. The van der Waals surface area contributed by atoms with E-state index in [9.17, 15) is 0 Å². The summed E-state index contributed by atoms with van der Waals surface area (Å²) in [5.41, 5.74) is 0. The SMILES string of the molecule is C=CCC.CC1CC1.CCCCC. The molecule has 0 unspecified atom stereocenters. The third kappa shape index (κ3) is 33.8. The second-order valence-electron chi connectivity index (χ2n) is 3.73. The molecule has 0 aromatic rings. The first-order valence-electron chi connectivity index (χ1n) is 5.83. The molecule has 0 aromatic heterocycles. The van der Waals surface area contributed by atoms with E-state index in [2.05, 4.69) is 34.3 Å². The van der Waals surface area contributed by atoms with Gasteiger partial charge in [-0.05, 0) is 12.3 Å². The third-order valence-corrected chi connectivity index (χ3v) is 1.86. The Hall–Kier alpha value is -0.260. The summed E-state index contributed by atoms with van der Waals surface area (Å²) in [6.07, 6.45) is 10.0. The van der Waals surface area contributed by atoms with Crippen LogP contribution in [0.4, 0.5) is 0 Å². The Bertz CT molecular complexity index is 78.0. The molecule has 13 heavy (non-hydrogen) atoms. The number of allylic oxidation sites excluding steroid dienone is 1. The quantitative estimate of drug-likeness (QED) is 0.529. The highest BCUT2D eigenvalue weighted by Crippen LogP contribution is 2.26. The molecular formula is C13H28. The minimum atomic E-state index is 1.08. The van der Waals surface area contributed by atoms with E-state index < -0.39 is 0 Å². The molecule has 0 radical (unpaired) electrons. The Morgan fingerprint density at radius 3 is 1.46 bits per heavy atom. The monoisotopic (exact) mass is 184 g/mol. The molecule has 0 nitrogen and oxygen atoms in total. The van der Waals surface area contributed by atoms with E-state index in [0.29, 0.717) is 0 Å². The molecule has 0 spiro atoms. The van der Waals surface area contributed by atoms with Crippen LogP contribution in [-0.2, 0) is 0 Å². The van der Waals surface area contributed by atoms with Gasteiger partial charge >= 0.3 is 0 Å². The molecule has 0 saturated heterocycles. The predicted molar refractivity (Wildman–Crippen MR) is 64.1 cm³/mol. The second-order valence-corrected chi connectivity index (χ2v) is 3.73. The standard InChI is InChI=1S/C5H12.2C4H8/c1-3-5-4-2;1-4-2-3-4;1-3-4-2/h3-5H2,1-2H3;4H,2-3H2,1H3;3H,1,4H2,2H3. The summed E-state index contributed by atoms with van der Waals surface area (Å²) < 4.78 is 0. The highest BCUT2D eigenvalue weighted by molar-refractivity contribution is 4.65. The molecule has 1 rings (SSSR count). The average Bonchev–Trinajstić information content (AvgIpc) is 2.91. The highest BCUT2D eigenvalue weighted by atomic mass is 14.2. The zero-order valence-corrected chi connectivity index (χ0v) is 10.1. The maximum Gasteiger partial charge on any atom is -0.0382 e. The summed E-state index contributed by atoms with van der Waals surface area (Å²) in [5.74, 6) is 1.08. The Kier molecular flexibility index (Phi) is 16.7. The Morgan fingerprint density at radius 1 is 1.15 bits per heavy atom. The van der Waals surface area contributed by atoms with Crippen molar-refractivity contribution in [3.8, 4) is 0 Å². The Labute approximate surface area is 85.4 Å². The van der Waals surface area contributed by atoms with Gasteiger partial charge in [0, 0.05) is 0 Å². The molecule has 0 heteroatoms. The van der Waals surface area contributed by atoms with Gasteiger partial charge in [0.25, 0.3) is 0 Å². The lowest BCUT2D eigenvalue weighted by Gasteiger charge is -1.79. The van der Waals surface area contributed by atoms with Crippen molar-refractivity contribution >= 4 is 0 Å². The van der Waals surface area contributed by atoms with Crippen molar-refractivity contribution in [2.45, 2.75) is 66.2 Å². The number of unbranched alkanes of at least 4 members (excludes halogenated alkanes) is 2. The largest absolute Gasteiger partial charge is 0.103 e. The van der Waals surface area contributed by atoms with Crippen molar-refractivity contribution in [2.75, 3.05) is 0 Å². The van der Waals surface area contributed by atoms with Gasteiger partial charge in [-0.1, -0.05) is 65.9 Å². The fourth-order valence-electron chi connectivity index (χ4n) is 0.520. The lowest BCUT2D eigenvalue weighted by atomic mass is 10.3. The minimum Gasteiger partial charge on any atom is -0.103 e. The first kappa shape index (κ1) is 15.2. The van der Waals surface area contributed by atoms with Gasteiger partial charge in [-0.15, -0.1) is 6.58 Å². The van der Waals surface area contributed by atoms with Crippen LogP contribution in [0.5, 0.6) is 0 Å². The molecule has 0 aliphatic heterocycles. The van der Waals surface area contributed by atoms with Gasteiger partial charge in [-0.25, -0.2) is 0 Å². The highest BCUT2D eigenvalue weighted by Gasteiger charge is 2.12. The van der Waals surface area contributed by atoms with E-state index in [1.807, 2.05) is 6.08 Å². The van der Waals surface area contributed by atoms with E-state index >= 15 is 0 Å². The molecule has 0 heterocycles. The molecule has 0 atom stereocenters. The van der Waals surface area contributed by atoms with Gasteiger partial charge < -0.3 is 0 Å². The topological polar surface area (TPSA) is 0 Å². The van der Waals surface area contributed by atoms with Crippen LogP contribution in [0.2, 0.25) is 0 Å². The molecule has 0 amide bonds. The summed E-state index contributed by atoms with van der Waals surface area (Å²) in [6.45, 7) is 12.2. The van der Waals surface area contributed by atoms with Crippen molar-refractivity contribution in [1.82, 2.24) is 0 Å². The molecule has 80 valence electrons. The van der Waals surface area contributed by atoms with Crippen LogP contribution in [0.15, 0.2) is 12.7 Å². The van der Waals surface area contributed by atoms with Crippen molar-refractivity contribution < 1.29 is 0 Å². The van der Waals surface area contributed by atoms with E-state index in [-0.39, 0.29) is 0 Å². The first-order chi connectivity index (χ1) is 6.22. The average molecular weight is 184 g/mol. The summed E-state index contributed by atoms with van der Waals surface area (Å²) in [6, 6.07) is 0. The van der Waals surface area contributed by atoms with E-state index in [1.165, 1.54) is 32.1 Å². The first-order valence-corrected chi connectivity index (χ1v) is 5.83. The normalized spacial score (nSPS) is 13.2. The number of hydrogen-bond acceptors (Lipinski definition) is 0. The van der Waals surface area contributed by atoms with Crippen LogP contribution >= 0.6 is 0 Å². The summed E-state index contributed by atoms with van der Waals surface area (Å²) in [4.78, 5) is 0. The van der Waals surface area contributed by atoms with Crippen LogP contribution < -0.4 is 0 Å². The molecule has 1 aliphatic carbocycles. The summed E-state index contributed by atoms with van der Waals surface area (Å²) in [7, 11) is 0. The summed E-state index contributed by atoms with van der Waals surface area (Å²) in [5, 5.41) is 0. The van der Waals surface area contributed by atoms with Crippen molar-refractivity contribution in [3.05, 3.63) is 12.7 Å². The zero-order chi connectivity index (χ0) is 10.5. The molecular weight excluding hydrogens is 156 g/mol. The fourth-order valence-corrected chi connectivity index (χ4v) is 0.520. The smallest absolute Gasteiger partial charge is 0.0382 e. The van der Waals surface area contributed by atoms with Crippen molar-refractivity contribution in [1.29, 1.82) is 0 Å². The molecule has 0 bridgehead atoms. The lowest BCUT2D eigenvalue weighted by Crippen LogP contribution is -1.59. The minimum absolute atomic E-state index is 1.08. The van der Waals surface area contributed by atoms with E-state index in [1.54, 1.807) is 0 Å². The number of hydrogen-bond donors (Lipinski definition) is 0. The van der Waals surface area contributed by atoms with Crippen LogP contribution in [0.3, 0.4) is 0 Å². The Morgan fingerprint density at radius 2 is 1.46 bits per heavy atom. The zero-order valence-electron chi connectivity index (χ0n) is 10.1. The van der Waals surface area contributed by atoms with Crippen molar-refractivity contribution in [3.63, 3.8) is 0 Å². The lowest BCUT2D eigenvalue weighted by molar-refractivity contribution is 0.772. The van der Waals surface area contributed by atoms with E-state index in [4.69, 9.17) is 0 Å². The van der Waals surface area contributed by atoms with Crippen LogP contribution in [0.25, 0.3) is 0 Å². The predicted octanol–water partition coefficient (Wildman–Crippen LogP) is 5.20.